The standard InChI is InChI=1S/C11H20FNO2S/c1-2-16(14,15)6-5-11(12)7-9-3-4-10(8-11)13-9/h9-10,13H,2-8H2,1H3. The lowest BCUT2D eigenvalue weighted by Gasteiger charge is -2.34. The van der Waals surface area contributed by atoms with Gasteiger partial charge in [-0.05, 0) is 32.1 Å². The number of fused-ring (bicyclic) bond motifs is 2. The third kappa shape index (κ3) is 2.74. The van der Waals surface area contributed by atoms with E-state index >= 15 is 0 Å². The highest BCUT2D eigenvalue weighted by atomic mass is 32.2. The molecule has 0 radical (unpaired) electrons. The van der Waals surface area contributed by atoms with Gasteiger partial charge in [-0.25, -0.2) is 12.8 Å². The zero-order valence-electron chi connectivity index (χ0n) is 9.71. The fourth-order valence-electron chi connectivity index (χ4n) is 2.88. The van der Waals surface area contributed by atoms with Crippen molar-refractivity contribution in [3.8, 4) is 0 Å². The highest BCUT2D eigenvalue weighted by Crippen LogP contribution is 2.39. The van der Waals surface area contributed by atoms with E-state index in [1.54, 1.807) is 6.92 Å². The maximum Gasteiger partial charge on any atom is 0.150 e. The van der Waals surface area contributed by atoms with Gasteiger partial charge >= 0.3 is 0 Å². The van der Waals surface area contributed by atoms with Crippen LogP contribution in [0.5, 0.6) is 0 Å². The molecule has 2 atom stereocenters. The molecule has 0 aromatic heterocycles. The van der Waals surface area contributed by atoms with Crippen molar-refractivity contribution in [2.45, 2.75) is 56.8 Å². The van der Waals surface area contributed by atoms with Gasteiger partial charge in [-0.2, -0.15) is 0 Å². The Balaban J connectivity index is 1.94. The lowest BCUT2D eigenvalue weighted by molar-refractivity contribution is 0.0856. The Morgan fingerprint density at radius 2 is 1.88 bits per heavy atom. The van der Waals surface area contributed by atoms with E-state index in [9.17, 15) is 12.8 Å². The average molecular weight is 249 g/mol. The second-order valence-electron chi connectivity index (χ2n) is 5.18. The summed E-state index contributed by atoms with van der Waals surface area (Å²) in [4.78, 5) is 0. The minimum Gasteiger partial charge on any atom is -0.311 e. The van der Waals surface area contributed by atoms with E-state index in [4.69, 9.17) is 0 Å². The Kier molecular flexibility index (Phi) is 3.27. The van der Waals surface area contributed by atoms with E-state index in [1.807, 2.05) is 0 Å². The van der Waals surface area contributed by atoms with Crippen LogP contribution in [0.25, 0.3) is 0 Å². The van der Waals surface area contributed by atoms with Crippen molar-refractivity contribution in [3.63, 3.8) is 0 Å². The smallest absolute Gasteiger partial charge is 0.150 e. The van der Waals surface area contributed by atoms with Gasteiger partial charge in [0.15, 0.2) is 0 Å². The molecule has 3 nitrogen and oxygen atoms in total. The summed E-state index contributed by atoms with van der Waals surface area (Å²) in [6.45, 7) is 1.62. The van der Waals surface area contributed by atoms with Gasteiger partial charge in [0.2, 0.25) is 0 Å². The second kappa shape index (κ2) is 4.26. The Hall–Kier alpha value is -0.160. The average Bonchev–Trinajstić information content (AvgIpc) is 2.57. The molecule has 0 spiro atoms. The Bertz CT molecular complexity index is 343. The summed E-state index contributed by atoms with van der Waals surface area (Å²) in [6, 6.07) is 0.543. The van der Waals surface area contributed by atoms with Crippen LogP contribution in [0.15, 0.2) is 0 Å². The molecule has 2 aliphatic heterocycles. The number of alkyl halides is 1. The van der Waals surface area contributed by atoms with E-state index in [1.165, 1.54) is 0 Å². The van der Waals surface area contributed by atoms with Crippen LogP contribution in [0.2, 0.25) is 0 Å². The monoisotopic (exact) mass is 249 g/mol. The first kappa shape index (κ1) is 12.3. The maximum atomic E-state index is 14.5. The minimum atomic E-state index is -3.03. The van der Waals surface area contributed by atoms with Gasteiger partial charge in [-0.1, -0.05) is 6.92 Å². The molecular formula is C11H20FNO2S. The van der Waals surface area contributed by atoms with E-state index in [0.29, 0.717) is 12.8 Å². The molecule has 2 saturated heterocycles. The molecule has 0 amide bonds. The summed E-state index contributed by atoms with van der Waals surface area (Å²) in [5, 5.41) is 3.37. The fraction of sp³-hybridized carbons (Fsp3) is 1.00. The summed E-state index contributed by atoms with van der Waals surface area (Å²) in [7, 11) is -3.03. The van der Waals surface area contributed by atoms with Crippen molar-refractivity contribution >= 4 is 9.84 Å². The third-order valence-electron chi connectivity index (χ3n) is 3.86. The summed E-state index contributed by atoms with van der Waals surface area (Å²) in [5.74, 6) is 0.119. The van der Waals surface area contributed by atoms with Gasteiger partial charge in [0.1, 0.15) is 15.5 Å². The van der Waals surface area contributed by atoms with Gasteiger partial charge < -0.3 is 5.32 Å². The van der Waals surface area contributed by atoms with Crippen molar-refractivity contribution in [2.24, 2.45) is 0 Å². The molecule has 5 heteroatoms. The van der Waals surface area contributed by atoms with Crippen molar-refractivity contribution in [2.75, 3.05) is 11.5 Å². The molecule has 2 rings (SSSR count). The van der Waals surface area contributed by atoms with Gasteiger partial charge in [0, 0.05) is 17.8 Å². The first-order valence-corrected chi connectivity index (χ1v) is 7.90. The van der Waals surface area contributed by atoms with Crippen molar-refractivity contribution in [1.29, 1.82) is 0 Å². The van der Waals surface area contributed by atoms with Crippen LogP contribution in [0, 0.1) is 0 Å². The largest absolute Gasteiger partial charge is 0.311 e. The molecule has 2 aliphatic rings. The van der Waals surface area contributed by atoms with Crippen molar-refractivity contribution in [3.05, 3.63) is 0 Å². The molecule has 0 aliphatic carbocycles. The molecule has 0 saturated carbocycles. The molecule has 0 aromatic rings. The molecule has 2 heterocycles. The lowest BCUT2D eigenvalue weighted by Crippen LogP contribution is -2.46. The summed E-state index contributed by atoms with van der Waals surface area (Å²) in [5.41, 5.74) is -1.25. The predicted molar refractivity (Wildman–Crippen MR) is 62.0 cm³/mol. The van der Waals surface area contributed by atoms with Crippen LogP contribution in [0.4, 0.5) is 4.39 Å². The molecule has 2 unspecified atom stereocenters. The van der Waals surface area contributed by atoms with Crippen molar-refractivity contribution in [1.82, 2.24) is 5.32 Å². The van der Waals surface area contributed by atoms with Gasteiger partial charge in [0.25, 0.3) is 0 Å². The number of piperidine rings is 1. The molecule has 2 bridgehead atoms. The lowest BCUT2D eigenvalue weighted by atomic mass is 9.87. The van der Waals surface area contributed by atoms with Crippen LogP contribution >= 0.6 is 0 Å². The Labute approximate surface area is 96.7 Å². The van der Waals surface area contributed by atoms with Gasteiger partial charge in [-0.3, -0.25) is 0 Å². The molecular weight excluding hydrogens is 229 g/mol. The number of halogens is 1. The zero-order valence-corrected chi connectivity index (χ0v) is 10.5. The van der Waals surface area contributed by atoms with Gasteiger partial charge in [0.05, 0.1) is 5.75 Å². The Morgan fingerprint density at radius 3 is 2.38 bits per heavy atom. The van der Waals surface area contributed by atoms with Crippen LogP contribution in [-0.2, 0) is 9.84 Å². The van der Waals surface area contributed by atoms with E-state index in [2.05, 4.69) is 5.32 Å². The zero-order chi connectivity index (χ0) is 11.8. The summed E-state index contributed by atoms with van der Waals surface area (Å²) in [6.07, 6.45) is 3.23. The molecule has 2 fully saturated rings. The first-order valence-electron chi connectivity index (χ1n) is 6.08. The number of hydrogen-bond acceptors (Lipinski definition) is 3. The third-order valence-corrected chi connectivity index (χ3v) is 5.57. The van der Waals surface area contributed by atoms with E-state index < -0.39 is 15.5 Å². The normalized spacial score (nSPS) is 38.9. The van der Waals surface area contributed by atoms with E-state index in [0.717, 1.165) is 12.8 Å². The van der Waals surface area contributed by atoms with E-state index in [-0.39, 0.29) is 30.0 Å². The quantitative estimate of drug-likeness (QED) is 0.820. The van der Waals surface area contributed by atoms with Crippen LogP contribution < -0.4 is 5.32 Å². The second-order valence-corrected chi connectivity index (χ2v) is 7.66. The highest BCUT2D eigenvalue weighted by molar-refractivity contribution is 7.91. The molecule has 1 N–H and O–H groups in total. The Morgan fingerprint density at radius 1 is 1.31 bits per heavy atom. The summed E-state index contributed by atoms with van der Waals surface area (Å²) >= 11 is 0. The number of hydrogen-bond donors (Lipinski definition) is 1. The summed E-state index contributed by atoms with van der Waals surface area (Å²) < 4.78 is 37.2. The first-order chi connectivity index (χ1) is 7.42. The highest BCUT2D eigenvalue weighted by Gasteiger charge is 2.44. The van der Waals surface area contributed by atoms with Crippen LogP contribution in [0.1, 0.15) is 39.0 Å². The molecule has 94 valence electrons. The van der Waals surface area contributed by atoms with Gasteiger partial charge in [-0.15, -0.1) is 0 Å². The number of sulfone groups is 1. The SMILES string of the molecule is CCS(=O)(=O)CCC1(F)CC2CCC(C1)N2. The maximum absolute atomic E-state index is 14.5. The number of nitrogens with one attached hydrogen (secondary N) is 1. The molecule has 16 heavy (non-hydrogen) atoms. The van der Waals surface area contributed by atoms with Crippen LogP contribution in [0.3, 0.4) is 0 Å². The minimum absolute atomic E-state index is 0.000556. The topological polar surface area (TPSA) is 46.2 Å². The fourth-order valence-corrected chi connectivity index (χ4v) is 3.84. The molecule has 0 aromatic carbocycles. The van der Waals surface area contributed by atoms with Crippen LogP contribution in [-0.4, -0.2) is 37.7 Å². The number of rotatable bonds is 4. The predicted octanol–water partition coefficient (Wildman–Crippen LogP) is 1.43. The van der Waals surface area contributed by atoms with Crippen molar-refractivity contribution < 1.29 is 12.8 Å².